The Balaban J connectivity index is 2.05. The number of fused-ring (bicyclic) bond motifs is 1. The number of aromatic nitrogens is 2. The second-order valence-corrected chi connectivity index (χ2v) is 5.08. The molecule has 1 fully saturated rings. The summed E-state index contributed by atoms with van der Waals surface area (Å²) in [5, 5.41) is 0.929. The number of nitrogen functional groups attached to an aromatic ring is 1. The Labute approximate surface area is 102 Å². The smallest absolute Gasteiger partial charge is 0.241 e. The van der Waals surface area contributed by atoms with E-state index >= 15 is 0 Å². The van der Waals surface area contributed by atoms with Crippen LogP contribution in [0.4, 0.5) is 5.95 Å². The van der Waals surface area contributed by atoms with Gasteiger partial charge in [0.2, 0.25) is 11.8 Å². The highest BCUT2D eigenvalue weighted by atomic mass is 32.1. The average molecular weight is 252 g/mol. The van der Waals surface area contributed by atoms with E-state index in [4.69, 9.17) is 15.3 Å². The van der Waals surface area contributed by atoms with Crippen molar-refractivity contribution in [2.45, 2.75) is 13.0 Å². The lowest BCUT2D eigenvalue weighted by molar-refractivity contribution is -0.0806. The topological polar surface area (TPSA) is 82.3 Å². The molecule has 17 heavy (non-hydrogen) atoms. The van der Waals surface area contributed by atoms with Gasteiger partial charge in [0.1, 0.15) is 10.9 Å². The molecule has 0 amide bonds. The third-order valence-electron chi connectivity index (χ3n) is 2.50. The first kappa shape index (κ1) is 10.7. The largest absolute Gasteiger partial charge is 0.469 e. The van der Waals surface area contributed by atoms with Gasteiger partial charge in [0.25, 0.3) is 0 Å². The first-order valence-electron chi connectivity index (χ1n) is 5.25. The Morgan fingerprint density at radius 2 is 2.35 bits per heavy atom. The van der Waals surface area contributed by atoms with Gasteiger partial charge in [-0.1, -0.05) is 0 Å². The van der Waals surface area contributed by atoms with E-state index in [-0.39, 0.29) is 6.10 Å². The van der Waals surface area contributed by atoms with Crippen LogP contribution in [0.25, 0.3) is 10.2 Å². The molecule has 0 atom stereocenters. The second kappa shape index (κ2) is 4.10. The van der Waals surface area contributed by atoms with E-state index in [1.54, 1.807) is 11.3 Å². The molecule has 0 unspecified atom stereocenters. The van der Waals surface area contributed by atoms with Crippen molar-refractivity contribution in [1.82, 2.24) is 9.97 Å². The molecule has 0 aliphatic carbocycles. The quantitative estimate of drug-likeness (QED) is 0.628. The van der Waals surface area contributed by atoms with E-state index in [1.807, 2.05) is 13.0 Å². The van der Waals surface area contributed by atoms with Gasteiger partial charge in [0, 0.05) is 4.88 Å². The molecule has 2 aromatic rings. The minimum absolute atomic E-state index is 0.0823. The fraction of sp³-hybridized carbons (Fsp3) is 0.400. The van der Waals surface area contributed by atoms with Gasteiger partial charge in [0.05, 0.1) is 18.6 Å². The highest BCUT2D eigenvalue weighted by Gasteiger charge is 2.22. The predicted octanol–water partition coefficient (Wildman–Crippen LogP) is 1.06. The van der Waals surface area contributed by atoms with Crippen molar-refractivity contribution in [2.75, 3.05) is 18.6 Å². The van der Waals surface area contributed by atoms with Crippen LogP contribution < -0.4 is 16.0 Å². The molecule has 0 bridgehead atoms. The van der Waals surface area contributed by atoms with Crippen LogP contribution in [-0.2, 0) is 4.74 Å². The third kappa shape index (κ3) is 1.92. The maximum absolute atomic E-state index is 5.75. The molecule has 0 radical (unpaired) electrons. The van der Waals surface area contributed by atoms with Crippen LogP contribution in [0.3, 0.4) is 0 Å². The zero-order valence-electron chi connectivity index (χ0n) is 9.27. The molecule has 2 aromatic heterocycles. The standard InChI is InChI=1S/C10H12N4O2S/c1-5-2-7-8(16-6-3-15-4-6)12-10(14-11)13-9(7)17-5/h2,6H,3-4,11H2,1H3,(H,12,13,14). The van der Waals surface area contributed by atoms with Crippen LogP contribution in [0.2, 0.25) is 0 Å². The highest BCUT2D eigenvalue weighted by Crippen LogP contribution is 2.31. The van der Waals surface area contributed by atoms with E-state index in [0.717, 1.165) is 15.1 Å². The first-order chi connectivity index (χ1) is 8.26. The fourth-order valence-electron chi connectivity index (χ4n) is 1.61. The Bertz CT molecular complexity index is 552. The Hall–Kier alpha value is -1.44. The Kier molecular flexibility index (Phi) is 2.58. The normalized spacial score (nSPS) is 15.9. The lowest BCUT2D eigenvalue weighted by atomic mass is 10.3. The van der Waals surface area contributed by atoms with E-state index in [0.29, 0.717) is 25.0 Å². The molecule has 3 heterocycles. The van der Waals surface area contributed by atoms with E-state index in [2.05, 4.69) is 15.4 Å². The molecule has 7 heteroatoms. The summed E-state index contributed by atoms with van der Waals surface area (Å²) in [5.74, 6) is 6.28. The SMILES string of the molecule is Cc1cc2c(OC3COC3)nc(NN)nc2s1. The minimum Gasteiger partial charge on any atom is -0.469 e. The Morgan fingerprint density at radius 1 is 1.53 bits per heavy atom. The first-order valence-corrected chi connectivity index (χ1v) is 6.07. The molecular formula is C10H12N4O2S. The lowest BCUT2D eigenvalue weighted by Crippen LogP contribution is -2.38. The zero-order valence-corrected chi connectivity index (χ0v) is 10.1. The number of nitrogens with two attached hydrogens (primary N) is 1. The van der Waals surface area contributed by atoms with Crippen LogP contribution in [0.15, 0.2) is 6.07 Å². The minimum atomic E-state index is 0.0823. The van der Waals surface area contributed by atoms with E-state index < -0.39 is 0 Å². The van der Waals surface area contributed by atoms with Crippen molar-refractivity contribution in [3.63, 3.8) is 0 Å². The second-order valence-electron chi connectivity index (χ2n) is 3.85. The summed E-state index contributed by atoms with van der Waals surface area (Å²) in [6, 6.07) is 2.02. The van der Waals surface area contributed by atoms with Crippen molar-refractivity contribution in [2.24, 2.45) is 5.84 Å². The number of aryl methyl sites for hydroxylation is 1. The molecule has 3 rings (SSSR count). The Morgan fingerprint density at radius 3 is 3.00 bits per heavy atom. The zero-order chi connectivity index (χ0) is 11.8. The number of nitrogens with zero attached hydrogens (tertiary/aromatic N) is 2. The van der Waals surface area contributed by atoms with Gasteiger partial charge in [-0.3, -0.25) is 5.43 Å². The molecule has 0 spiro atoms. The molecule has 1 saturated heterocycles. The van der Waals surface area contributed by atoms with Crippen LogP contribution >= 0.6 is 11.3 Å². The summed E-state index contributed by atoms with van der Waals surface area (Å²) in [5.41, 5.74) is 2.45. The lowest BCUT2D eigenvalue weighted by Gasteiger charge is -2.26. The average Bonchev–Trinajstić information content (AvgIpc) is 2.63. The molecule has 0 saturated carbocycles. The number of hydrogen-bond acceptors (Lipinski definition) is 7. The van der Waals surface area contributed by atoms with Crippen molar-refractivity contribution in [1.29, 1.82) is 0 Å². The molecule has 6 nitrogen and oxygen atoms in total. The fourth-order valence-corrected chi connectivity index (χ4v) is 2.48. The molecule has 3 N–H and O–H groups in total. The van der Waals surface area contributed by atoms with Crippen molar-refractivity contribution in [3.05, 3.63) is 10.9 Å². The van der Waals surface area contributed by atoms with E-state index in [1.165, 1.54) is 0 Å². The monoisotopic (exact) mass is 252 g/mol. The number of thiophene rings is 1. The number of hydrogen-bond donors (Lipinski definition) is 2. The third-order valence-corrected chi connectivity index (χ3v) is 3.44. The maximum Gasteiger partial charge on any atom is 0.241 e. The summed E-state index contributed by atoms with van der Waals surface area (Å²) in [6.45, 7) is 3.25. The molecule has 0 aromatic carbocycles. The van der Waals surface area contributed by atoms with Crippen LogP contribution in [0.5, 0.6) is 5.88 Å². The van der Waals surface area contributed by atoms with Gasteiger partial charge in [-0.2, -0.15) is 4.98 Å². The molecule has 90 valence electrons. The summed E-state index contributed by atoms with van der Waals surface area (Å²) < 4.78 is 10.8. The van der Waals surface area contributed by atoms with Gasteiger partial charge in [-0.05, 0) is 13.0 Å². The van der Waals surface area contributed by atoms with Crippen LogP contribution in [0.1, 0.15) is 4.88 Å². The van der Waals surface area contributed by atoms with Crippen molar-refractivity contribution < 1.29 is 9.47 Å². The van der Waals surface area contributed by atoms with Crippen molar-refractivity contribution >= 4 is 27.5 Å². The highest BCUT2D eigenvalue weighted by molar-refractivity contribution is 7.18. The maximum atomic E-state index is 5.75. The summed E-state index contributed by atoms with van der Waals surface area (Å²) in [4.78, 5) is 10.6. The predicted molar refractivity (Wildman–Crippen MR) is 65.2 cm³/mol. The van der Waals surface area contributed by atoms with Gasteiger partial charge in [-0.25, -0.2) is 10.8 Å². The molecule has 1 aliphatic rings. The molecular weight excluding hydrogens is 240 g/mol. The summed E-state index contributed by atoms with van der Waals surface area (Å²) >= 11 is 1.59. The number of nitrogens with one attached hydrogen (secondary N) is 1. The number of ether oxygens (including phenoxy) is 2. The van der Waals surface area contributed by atoms with Gasteiger partial charge < -0.3 is 9.47 Å². The summed E-state index contributed by atoms with van der Waals surface area (Å²) in [6.07, 6.45) is 0.0823. The van der Waals surface area contributed by atoms with Gasteiger partial charge in [0.15, 0.2) is 0 Å². The van der Waals surface area contributed by atoms with Gasteiger partial charge >= 0.3 is 0 Å². The van der Waals surface area contributed by atoms with Crippen LogP contribution in [-0.4, -0.2) is 29.3 Å². The van der Waals surface area contributed by atoms with Crippen LogP contribution in [0, 0.1) is 6.92 Å². The summed E-state index contributed by atoms with van der Waals surface area (Å²) in [7, 11) is 0. The van der Waals surface area contributed by atoms with Crippen molar-refractivity contribution in [3.8, 4) is 5.88 Å². The van der Waals surface area contributed by atoms with Gasteiger partial charge in [-0.15, -0.1) is 11.3 Å². The van der Waals surface area contributed by atoms with E-state index in [9.17, 15) is 0 Å². The number of rotatable bonds is 3. The number of hydrazine groups is 1. The molecule has 1 aliphatic heterocycles. The number of anilines is 1.